The van der Waals surface area contributed by atoms with Gasteiger partial charge >= 0.3 is 0 Å². The maximum atomic E-state index is 4.62. The quantitative estimate of drug-likeness (QED) is 0.769. The number of imidazole rings is 1. The number of rotatable bonds is 2. The molecule has 1 aromatic heterocycles. The number of para-hydroxylation sites is 2. The van der Waals surface area contributed by atoms with E-state index >= 15 is 0 Å². The summed E-state index contributed by atoms with van der Waals surface area (Å²) >= 11 is 0. The first kappa shape index (κ1) is 8.04. The Labute approximate surface area is 84.8 Å². The molecule has 0 spiro atoms. The van der Waals surface area contributed by atoms with Crippen molar-refractivity contribution < 1.29 is 1.43 Å². The van der Waals surface area contributed by atoms with Gasteiger partial charge in [0.1, 0.15) is 5.82 Å². The molecule has 1 aliphatic rings. The molecule has 0 saturated heterocycles. The van der Waals surface area contributed by atoms with Crippen LogP contribution in [0, 0.1) is 5.92 Å². The number of hydrogen-bond donors (Lipinski definition) is 1. The SMILES string of the molecule is CCC1CC1c1nc2ccccc2[nH]1.[HH]. The molecule has 0 bridgehead atoms. The van der Waals surface area contributed by atoms with Crippen molar-refractivity contribution in [2.75, 3.05) is 0 Å². The largest absolute Gasteiger partial charge is 0.342 e. The van der Waals surface area contributed by atoms with Crippen molar-refractivity contribution in [1.29, 1.82) is 0 Å². The molecule has 1 aromatic carbocycles. The van der Waals surface area contributed by atoms with E-state index in [4.69, 9.17) is 0 Å². The lowest BCUT2D eigenvalue weighted by Gasteiger charge is -1.90. The van der Waals surface area contributed by atoms with Crippen LogP contribution in [0.5, 0.6) is 0 Å². The lowest BCUT2D eigenvalue weighted by Crippen LogP contribution is -1.84. The fraction of sp³-hybridized carbons (Fsp3) is 0.417. The Bertz CT molecular complexity index is 430. The second-order valence-corrected chi connectivity index (χ2v) is 4.15. The fourth-order valence-corrected chi connectivity index (χ4v) is 2.18. The predicted octanol–water partition coefficient (Wildman–Crippen LogP) is 3.32. The standard InChI is InChI=1S/C12H14N2.H2/c1-2-8-7-9(8)12-13-10-5-3-4-6-11(10)14-12;/h3-6,8-9H,2,7H2,1H3,(H,13,14);1H. The van der Waals surface area contributed by atoms with E-state index in [0.29, 0.717) is 5.92 Å². The summed E-state index contributed by atoms with van der Waals surface area (Å²) in [6.07, 6.45) is 2.60. The molecule has 0 aliphatic heterocycles. The minimum atomic E-state index is 0. The topological polar surface area (TPSA) is 28.7 Å². The first-order valence-corrected chi connectivity index (χ1v) is 5.33. The first-order chi connectivity index (χ1) is 6.88. The van der Waals surface area contributed by atoms with E-state index in [2.05, 4.69) is 35.1 Å². The molecule has 1 saturated carbocycles. The van der Waals surface area contributed by atoms with Gasteiger partial charge in [-0.05, 0) is 24.5 Å². The number of benzene rings is 1. The average molecular weight is 188 g/mol. The van der Waals surface area contributed by atoms with Crippen LogP contribution < -0.4 is 0 Å². The van der Waals surface area contributed by atoms with Crippen LogP contribution in [0.15, 0.2) is 24.3 Å². The van der Waals surface area contributed by atoms with Crippen molar-refractivity contribution in [3.63, 3.8) is 0 Å². The first-order valence-electron chi connectivity index (χ1n) is 5.33. The van der Waals surface area contributed by atoms with Crippen LogP contribution in [0.1, 0.15) is 32.9 Å². The number of nitrogens with zero attached hydrogens (tertiary/aromatic N) is 1. The van der Waals surface area contributed by atoms with Gasteiger partial charge in [-0.2, -0.15) is 0 Å². The molecule has 1 N–H and O–H groups in total. The Morgan fingerprint density at radius 2 is 2.36 bits per heavy atom. The van der Waals surface area contributed by atoms with Gasteiger partial charge in [-0.25, -0.2) is 4.98 Å². The summed E-state index contributed by atoms with van der Waals surface area (Å²) in [5, 5.41) is 0. The van der Waals surface area contributed by atoms with Gasteiger partial charge in [0.25, 0.3) is 0 Å². The average Bonchev–Trinajstić information content (AvgIpc) is 2.89. The third kappa shape index (κ3) is 1.14. The van der Waals surface area contributed by atoms with Crippen molar-refractivity contribution in [3.05, 3.63) is 30.1 Å². The van der Waals surface area contributed by atoms with Gasteiger partial charge < -0.3 is 4.98 Å². The molecule has 0 amide bonds. The smallest absolute Gasteiger partial charge is 0.110 e. The Morgan fingerprint density at radius 3 is 3.07 bits per heavy atom. The molecule has 2 unspecified atom stereocenters. The highest BCUT2D eigenvalue weighted by Crippen LogP contribution is 2.48. The molecule has 2 atom stereocenters. The molecular formula is C12H16N2. The highest BCUT2D eigenvalue weighted by molar-refractivity contribution is 5.74. The van der Waals surface area contributed by atoms with Crippen LogP contribution >= 0.6 is 0 Å². The van der Waals surface area contributed by atoms with Gasteiger partial charge in [-0.3, -0.25) is 0 Å². The van der Waals surface area contributed by atoms with Crippen molar-refractivity contribution in [2.24, 2.45) is 5.92 Å². The van der Waals surface area contributed by atoms with Gasteiger partial charge in [0, 0.05) is 7.34 Å². The van der Waals surface area contributed by atoms with Gasteiger partial charge in [0.15, 0.2) is 0 Å². The summed E-state index contributed by atoms with van der Waals surface area (Å²) in [6.45, 7) is 2.26. The molecule has 2 heteroatoms. The molecule has 1 aliphatic carbocycles. The Balaban J connectivity index is 0.000000853. The molecule has 14 heavy (non-hydrogen) atoms. The molecule has 0 radical (unpaired) electrons. The van der Waals surface area contributed by atoms with Gasteiger partial charge in [-0.1, -0.05) is 25.5 Å². The van der Waals surface area contributed by atoms with Gasteiger partial charge in [0.2, 0.25) is 0 Å². The third-order valence-electron chi connectivity index (χ3n) is 3.21. The molecule has 1 heterocycles. The van der Waals surface area contributed by atoms with Crippen molar-refractivity contribution >= 4 is 11.0 Å². The lowest BCUT2D eigenvalue weighted by atomic mass is 10.2. The summed E-state index contributed by atoms with van der Waals surface area (Å²) in [4.78, 5) is 8.03. The van der Waals surface area contributed by atoms with Crippen molar-refractivity contribution in [2.45, 2.75) is 25.7 Å². The monoisotopic (exact) mass is 188 g/mol. The summed E-state index contributed by atoms with van der Waals surface area (Å²) < 4.78 is 0. The second-order valence-electron chi connectivity index (χ2n) is 4.15. The highest BCUT2D eigenvalue weighted by atomic mass is 14.9. The van der Waals surface area contributed by atoms with E-state index in [9.17, 15) is 0 Å². The molecular weight excluding hydrogens is 172 g/mol. The minimum Gasteiger partial charge on any atom is -0.342 e. The molecule has 2 aromatic rings. The highest BCUT2D eigenvalue weighted by Gasteiger charge is 2.38. The maximum absolute atomic E-state index is 4.62. The zero-order valence-corrected chi connectivity index (χ0v) is 8.33. The van der Waals surface area contributed by atoms with Crippen LogP contribution in [0.3, 0.4) is 0 Å². The summed E-state index contributed by atoms with van der Waals surface area (Å²) in [7, 11) is 0. The predicted molar refractivity (Wildman–Crippen MR) is 59.3 cm³/mol. The van der Waals surface area contributed by atoms with Crippen molar-refractivity contribution in [1.82, 2.24) is 9.97 Å². The summed E-state index contributed by atoms with van der Waals surface area (Å²) in [5.74, 6) is 2.76. The van der Waals surface area contributed by atoms with Crippen LogP contribution in [0.2, 0.25) is 0 Å². The fourth-order valence-electron chi connectivity index (χ4n) is 2.18. The Morgan fingerprint density at radius 1 is 1.50 bits per heavy atom. The number of hydrogen-bond acceptors (Lipinski definition) is 1. The number of aromatic amines is 1. The van der Waals surface area contributed by atoms with Crippen LogP contribution in [0.25, 0.3) is 11.0 Å². The van der Waals surface area contributed by atoms with Crippen LogP contribution in [0.4, 0.5) is 0 Å². The number of H-pyrrole nitrogens is 1. The number of aromatic nitrogens is 2. The second kappa shape index (κ2) is 2.84. The van der Waals surface area contributed by atoms with Crippen LogP contribution in [-0.4, -0.2) is 9.97 Å². The lowest BCUT2D eigenvalue weighted by molar-refractivity contribution is 0.749. The van der Waals surface area contributed by atoms with E-state index in [1.54, 1.807) is 0 Å². The molecule has 74 valence electrons. The van der Waals surface area contributed by atoms with E-state index in [0.717, 1.165) is 11.4 Å². The zero-order valence-electron chi connectivity index (χ0n) is 8.33. The Hall–Kier alpha value is -1.31. The molecule has 1 fully saturated rings. The van der Waals surface area contributed by atoms with Crippen LogP contribution in [-0.2, 0) is 0 Å². The van der Waals surface area contributed by atoms with Crippen molar-refractivity contribution in [3.8, 4) is 0 Å². The van der Waals surface area contributed by atoms with E-state index in [1.807, 2.05) is 6.07 Å². The zero-order chi connectivity index (χ0) is 9.54. The van der Waals surface area contributed by atoms with E-state index < -0.39 is 0 Å². The molecule has 2 nitrogen and oxygen atoms in total. The molecule has 3 rings (SSSR count). The third-order valence-corrected chi connectivity index (χ3v) is 3.21. The summed E-state index contributed by atoms with van der Waals surface area (Å²) in [5.41, 5.74) is 2.27. The van der Waals surface area contributed by atoms with Gasteiger partial charge in [-0.15, -0.1) is 0 Å². The summed E-state index contributed by atoms with van der Waals surface area (Å²) in [6, 6.07) is 8.25. The van der Waals surface area contributed by atoms with E-state index in [-0.39, 0.29) is 1.43 Å². The Kier molecular flexibility index (Phi) is 1.63. The minimum absolute atomic E-state index is 0. The normalized spacial score (nSPS) is 25.5. The maximum Gasteiger partial charge on any atom is 0.110 e. The van der Waals surface area contributed by atoms with E-state index in [1.165, 1.54) is 24.2 Å². The van der Waals surface area contributed by atoms with Gasteiger partial charge in [0.05, 0.1) is 11.0 Å². The number of nitrogens with one attached hydrogen (secondary N) is 1. The number of fused-ring (bicyclic) bond motifs is 1.